The maximum Gasteiger partial charge on any atom is 0.0110 e. The lowest BCUT2D eigenvalue weighted by molar-refractivity contribution is 0.155. The van der Waals surface area contributed by atoms with Gasteiger partial charge in [-0.2, -0.15) is 0 Å². The fraction of sp³-hybridized carbons (Fsp3) is 0.600. The predicted molar refractivity (Wildman–Crippen MR) is 73.5 cm³/mol. The van der Waals surface area contributed by atoms with Crippen molar-refractivity contribution in [2.75, 3.05) is 39.8 Å². The van der Waals surface area contributed by atoms with Crippen LogP contribution in [0.2, 0.25) is 0 Å². The van der Waals surface area contributed by atoms with Crippen molar-refractivity contribution in [1.82, 2.24) is 9.80 Å². The van der Waals surface area contributed by atoms with Crippen LogP contribution in [0.5, 0.6) is 0 Å². The summed E-state index contributed by atoms with van der Waals surface area (Å²) in [6.07, 6.45) is 2.33. The molecule has 2 heteroatoms. The highest BCUT2D eigenvalue weighted by Gasteiger charge is 2.12. The molecular formula is C15H24N2. The molecule has 1 aliphatic heterocycles. The normalized spacial score (nSPS) is 18.5. The van der Waals surface area contributed by atoms with Crippen LogP contribution in [0.1, 0.15) is 18.1 Å². The van der Waals surface area contributed by atoms with Gasteiger partial charge >= 0.3 is 0 Å². The Morgan fingerprint density at radius 2 is 1.53 bits per heavy atom. The maximum absolute atomic E-state index is 2.58. The maximum atomic E-state index is 2.58. The lowest BCUT2D eigenvalue weighted by Crippen LogP contribution is -2.45. The van der Waals surface area contributed by atoms with E-state index in [1.54, 1.807) is 0 Å². The Morgan fingerprint density at radius 3 is 2.12 bits per heavy atom. The van der Waals surface area contributed by atoms with Gasteiger partial charge in [-0.3, -0.25) is 0 Å². The predicted octanol–water partition coefficient (Wildman–Crippen LogP) is 2.04. The van der Waals surface area contributed by atoms with Crippen molar-refractivity contribution in [1.29, 1.82) is 0 Å². The molecule has 1 aromatic carbocycles. The Balaban J connectivity index is 1.77. The molecule has 94 valence electrons. The quantitative estimate of drug-likeness (QED) is 0.784. The zero-order chi connectivity index (χ0) is 12.1. The minimum atomic E-state index is 1.14. The summed E-state index contributed by atoms with van der Waals surface area (Å²) in [6, 6.07) is 9.10. The smallest absolute Gasteiger partial charge is 0.0110 e. The van der Waals surface area contributed by atoms with Gasteiger partial charge < -0.3 is 9.80 Å². The Bertz CT molecular complexity index is 323. The first-order valence-corrected chi connectivity index (χ1v) is 6.76. The Labute approximate surface area is 105 Å². The molecule has 1 heterocycles. The van der Waals surface area contributed by atoms with E-state index in [9.17, 15) is 0 Å². The molecule has 2 nitrogen and oxygen atoms in total. The van der Waals surface area contributed by atoms with Gasteiger partial charge in [0, 0.05) is 32.7 Å². The monoisotopic (exact) mass is 232 g/mol. The first-order valence-electron chi connectivity index (χ1n) is 6.76. The SMILES string of the molecule is CCc1ccc(CCN2CCN(C)CC2)cc1. The van der Waals surface area contributed by atoms with E-state index < -0.39 is 0 Å². The standard InChI is InChI=1S/C15H24N2/c1-3-14-4-6-15(7-5-14)8-9-17-12-10-16(2)11-13-17/h4-7H,3,8-13H2,1-2H3. The van der Waals surface area contributed by atoms with E-state index in [0.717, 1.165) is 6.42 Å². The molecule has 0 aliphatic carbocycles. The van der Waals surface area contributed by atoms with Crippen LogP contribution >= 0.6 is 0 Å². The van der Waals surface area contributed by atoms with Gasteiger partial charge in [-0.15, -0.1) is 0 Å². The molecule has 0 unspecified atom stereocenters. The van der Waals surface area contributed by atoms with E-state index in [1.165, 1.54) is 50.3 Å². The molecule has 0 N–H and O–H groups in total. The fourth-order valence-electron chi connectivity index (χ4n) is 2.30. The second kappa shape index (κ2) is 6.18. The van der Waals surface area contributed by atoms with E-state index in [1.807, 2.05) is 0 Å². The third-order valence-corrected chi connectivity index (χ3v) is 3.74. The lowest BCUT2D eigenvalue weighted by atomic mass is 10.1. The van der Waals surface area contributed by atoms with Crippen molar-refractivity contribution in [2.45, 2.75) is 19.8 Å². The lowest BCUT2D eigenvalue weighted by Gasteiger charge is -2.32. The van der Waals surface area contributed by atoms with Crippen molar-refractivity contribution in [3.63, 3.8) is 0 Å². The summed E-state index contributed by atoms with van der Waals surface area (Å²) in [7, 11) is 2.21. The molecule has 1 saturated heterocycles. The highest BCUT2D eigenvalue weighted by molar-refractivity contribution is 5.22. The summed E-state index contributed by atoms with van der Waals surface area (Å²) in [5, 5.41) is 0. The Kier molecular flexibility index (Phi) is 4.57. The molecule has 0 amide bonds. The molecule has 1 aliphatic rings. The van der Waals surface area contributed by atoms with Crippen molar-refractivity contribution in [2.24, 2.45) is 0 Å². The minimum absolute atomic E-state index is 1.14. The average Bonchev–Trinajstić information content (AvgIpc) is 2.39. The van der Waals surface area contributed by atoms with Crippen LogP contribution in [0, 0.1) is 0 Å². The number of hydrogen-bond acceptors (Lipinski definition) is 2. The van der Waals surface area contributed by atoms with Crippen molar-refractivity contribution < 1.29 is 0 Å². The van der Waals surface area contributed by atoms with Crippen LogP contribution in [0.3, 0.4) is 0 Å². The summed E-state index contributed by atoms with van der Waals surface area (Å²) >= 11 is 0. The van der Waals surface area contributed by atoms with E-state index in [-0.39, 0.29) is 0 Å². The fourth-order valence-corrected chi connectivity index (χ4v) is 2.30. The molecule has 1 aromatic rings. The van der Waals surface area contributed by atoms with Gasteiger partial charge in [0.05, 0.1) is 0 Å². The first-order chi connectivity index (χ1) is 8.28. The van der Waals surface area contributed by atoms with Crippen LogP contribution in [0.4, 0.5) is 0 Å². The van der Waals surface area contributed by atoms with E-state index >= 15 is 0 Å². The Morgan fingerprint density at radius 1 is 0.941 bits per heavy atom. The number of rotatable bonds is 4. The summed E-state index contributed by atoms with van der Waals surface area (Å²) < 4.78 is 0. The largest absolute Gasteiger partial charge is 0.304 e. The van der Waals surface area contributed by atoms with Crippen LogP contribution in [0.15, 0.2) is 24.3 Å². The van der Waals surface area contributed by atoms with Gasteiger partial charge in [-0.05, 0) is 31.0 Å². The summed E-state index contributed by atoms with van der Waals surface area (Å²) in [4.78, 5) is 4.99. The number of aryl methyl sites for hydroxylation is 1. The van der Waals surface area contributed by atoms with Gasteiger partial charge in [-0.25, -0.2) is 0 Å². The highest BCUT2D eigenvalue weighted by atomic mass is 15.2. The number of piperazine rings is 1. The number of hydrogen-bond donors (Lipinski definition) is 0. The molecular weight excluding hydrogens is 208 g/mol. The molecule has 0 atom stereocenters. The molecule has 2 rings (SSSR count). The van der Waals surface area contributed by atoms with E-state index in [2.05, 4.69) is 48.0 Å². The number of nitrogens with zero attached hydrogens (tertiary/aromatic N) is 2. The summed E-state index contributed by atoms with van der Waals surface area (Å²) in [5.41, 5.74) is 2.91. The van der Waals surface area contributed by atoms with Gasteiger partial charge in [0.2, 0.25) is 0 Å². The minimum Gasteiger partial charge on any atom is -0.304 e. The van der Waals surface area contributed by atoms with Crippen LogP contribution in [0.25, 0.3) is 0 Å². The zero-order valence-electron chi connectivity index (χ0n) is 11.2. The molecule has 0 saturated carbocycles. The molecule has 0 spiro atoms. The van der Waals surface area contributed by atoms with Gasteiger partial charge in [0.15, 0.2) is 0 Å². The van der Waals surface area contributed by atoms with Gasteiger partial charge in [-0.1, -0.05) is 31.2 Å². The number of benzene rings is 1. The topological polar surface area (TPSA) is 6.48 Å². The van der Waals surface area contributed by atoms with Crippen LogP contribution in [-0.2, 0) is 12.8 Å². The molecule has 17 heavy (non-hydrogen) atoms. The summed E-state index contributed by atoms with van der Waals surface area (Å²) in [6.45, 7) is 8.30. The van der Waals surface area contributed by atoms with Gasteiger partial charge in [0.25, 0.3) is 0 Å². The molecule has 1 fully saturated rings. The number of likely N-dealkylation sites (N-methyl/N-ethyl adjacent to an activating group) is 1. The highest BCUT2D eigenvalue weighted by Crippen LogP contribution is 2.07. The Hall–Kier alpha value is -0.860. The third kappa shape index (κ3) is 3.83. The zero-order valence-corrected chi connectivity index (χ0v) is 11.2. The van der Waals surface area contributed by atoms with E-state index in [4.69, 9.17) is 0 Å². The molecule has 0 aromatic heterocycles. The van der Waals surface area contributed by atoms with Crippen molar-refractivity contribution in [3.8, 4) is 0 Å². The first kappa shape index (κ1) is 12.6. The van der Waals surface area contributed by atoms with Gasteiger partial charge in [0.1, 0.15) is 0 Å². The second-order valence-corrected chi connectivity index (χ2v) is 5.06. The van der Waals surface area contributed by atoms with Crippen molar-refractivity contribution >= 4 is 0 Å². The molecule has 0 bridgehead atoms. The second-order valence-electron chi connectivity index (χ2n) is 5.06. The third-order valence-electron chi connectivity index (χ3n) is 3.74. The summed E-state index contributed by atoms with van der Waals surface area (Å²) in [5.74, 6) is 0. The van der Waals surface area contributed by atoms with E-state index in [0.29, 0.717) is 0 Å². The molecule has 0 radical (unpaired) electrons. The average molecular weight is 232 g/mol. The van der Waals surface area contributed by atoms with Crippen LogP contribution in [-0.4, -0.2) is 49.6 Å². The van der Waals surface area contributed by atoms with Crippen molar-refractivity contribution in [3.05, 3.63) is 35.4 Å². The van der Waals surface area contributed by atoms with Crippen LogP contribution < -0.4 is 0 Å².